The highest BCUT2D eigenvalue weighted by atomic mass is 79.9. The Morgan fingerprint density at radius 1 is 1.47 bits per heavy atom. The van der Waals surface area contributed by atoms with Crippen LogP contribution in [-0.2, 0) is 6.18 Å². The smallest absolute Gasteiger partial charge is 0.307 e. The Balaban J connectivity index is 3.17. The van der Waals surface area contributed by atoms with E-state index in [1.54, 1.807) is 6.08 Å². The van der Waals surface area contributed by atoms with Crippen molar-refractivity contribution in [3.05, 3.63) is 46.5 Å². The van der Waals surface area contributed by atoms with Crippen molar-refractivity contribution >= 4 is 15.9 Å². The first-order chi connectivity index (χ1) is 7.90. The van der Waals surface area contributed by atoms with Crippen molar-refractivity contribution in [3.8, 4) is 0 Å². The Labute approximate surface area is 107 Å². The van der Waals surface area contributed by atoms with Gasteiger partial charge in [-0.3, -0.25) is 0 Å². The van der Waals surface area contributed by atoms with E-state index in [0.29, 0.717) is 16.6 Å². The van der Waals surface area contributed by atoms with E-state index in [1.165, 1.54) is 6.07 Å². The molecule has 0 heterocycles. The highest BCUT2D eigenvalue weighted by molar-refractivity contribution is 9.10. The Kier molecular flexibility index (Phi) is 4.77. The summed E-state index contributed by atoms with van der Waals surface area (Å²) in [5, 5.41) is 3.05. The lowest BCUT2D eigenvalue weighted by atomic mass is 10.0. The zero-order valence-corrected chi connectivity index (χ0v) is 10.9. The first-order valence-corrected chi connectivity index (χ1v) is 5.92. The van der Waals surface area contributed by atoms with Gasteiger partial charge in [0, 0.05) is 4.47 Å². The molecule has 0 saturated heterocycles. The van der Waals surface area contributed by atoms with Gasteiger partial charge in [0.25, 0.3) is 0 Å². The molecular weight excluding hydrogens is 295 g/mol. The van der Waals surface area contributed by atoms with Crippen LogP contribution in [0.5, 0.6) is 0 Å². The van der Waals surface area contributed by atoms with E-state index >= 15 is 0 Å². The number of nitrogens with one attached hydrogen (secondary N) is 1. The second-order valence-electron chi connectivity index (χ2n) is 3.51. The lowest BCUT2D eigenvalue weighted by molar-refractivity contribution is -0.137. The predicted molar refractivity (Wildman–Crippen MR) is 65.8 cm³/mol. The Morgan fingerprint density at radius 2 is 2.12 bits per heavy atom. The van der Waals surface area contributed by atoms with E-state index < -0.39 is 11.7 Å². The molecule has 5 heteroatoms. The maximum atomic E-state index is 12.6. The van der Waals surface area contributed by atoms with Crippen molar-refractivity contribution in [1.82, 2.24) is 5.32 Å². The molecule has 1 aromatic carbocycles. The topological polar surface area (TPSA) is 12.0 Å². The first-order valence-electron chi connectivity index (χ1n) is 5.12. The van der Waals surface area contributed by atoms with Gasteiger partial charge < -0.3 is 5.32 Å². The molecule has 94 valence electrons. The van der Waals surface area contributed by atoms with Gasteiger partial charge in [-0.05, 0) is 30.3 Å². The molecule has 1 rings (SSSR count). The van der Waals surface area contributed by atoms with Crippen LogP contribution in [0, 0.1) is 0 Å². The van der Waals surface area contributed by atoms with Gasteiger partial charge in [-0.15, -0.1) is 6.58 Å². The second kappa shape index (κ2) is 5.69. The number of benzene rings is 1. The summed E-state index contributed by atoms with van der Waals surface area (Å²) < 4.78 is 38.4. The molecule has 1 nitrogen and oxygen atoms in total. The molecule has 0 bridgehead atoms. The lowest BCUT2D eigenvalue weighted by Gasteiger charge is -2.17. The highest BCUT2D eigenvalue weighted by Crippen LogP contribution is 2.34. The minimum absolute atomic E-state index is 0.295. The Hall–Kier alpha value is -0.810. The summed E-state index contributed by atoms with van der Waals surface area (Å²) in [6.45, 7) is 6.16. The molecule has 1 unspecified atom stereocenters. The number of hydrogen-bond donors (Lipinski definition) is 1. The van der Waals surface area contributed by atoms with Gasteiger partial charge in [0.05, 0.1) is 11.6 Å². The van der Waals surface area contributed by atoms with Gasteiger partial charge in [-0.1, -0.05) is 28.9 Å². The molecule has 0 saturated carbocycles. The summed E-state index contributed by atoms with van der Waals surface area (Å²) in [4.78, 5) is 0. The largest absolute Gasteiger partial charge is 0.416 e. The monoisotopic (exact) mass is 307 g/mol. The molecule has 17 heavy (non-hydrogen) atoms. The van der Waals surface area contributed by atoms with Crippen LogP contribution in [0.4, 0.5) is 13.2 Å². The quantitative estimate of drug-likeness (QED) is 0.818. The molecule has 0 radical (unpaired) electrons. The number of halogens is 4. The fraction of sp³-hybridized carbons (Fsp3) is 0.333. The maximum absolute atomic E-state index is 12.6. The number of hydrogen-bond acceptors (Lipinski definition) is 1. The lowest BCUT2D eigenvalue weighted by Crippen LogP contribution is -2.19. The van der Waals surface area contributed by atoms with Crippen molar-refractivity contribution in [2.75, 3.05) is 6.54 Å². The number of alkyl halides is 3. The average molecular weight is 308 g/mol. The minimum atomic E-state index is -4.33. The van der Waals surface area contributed by atoms with E-state index in [9.17, 15) is 13.2 Å². The van der Waals surface area contributed by atoms with E-state index in [0.717, 1.165) is 12.1 Å². The zero-order chi connectivity index (χ0) is 13.1. The van der Waals surface area contributed by atoms with Crippen LogP contribution in [0.2, 0.25) is 0 Å². The van der Waals surface area contributed by atoms with Crippen molar-refractivity contribution in [2.24, 2.45) is 0 Å². The Bertz CT molecular complexity index is 401. The zero-order valence-electron chi connectivity index (χ0n) is 9.31. The molecular formula is C12H13BrF3N. The third kappa shape index (κ3) is 3.57. The summed E-state index contributed by atoms with van der Waals surface area (Å²) >= 11 is 3.25. The van der Waals surface area contributed by atoms with Gasteiger partial charge in [-0.25, -0.2) is 0 Å². The van der Waals surface area contributed by atoms with Gasteiger partial charge in [0.15, 0.2) is 0 Å². The number of likely N-dealkylation sites (N-methyl/N-ethyl adjacent to an activating group) is 1. The number of rotatable bonds is 4. The molecule has 1 aromatic rings. The first kappa shape index (κ1) is 14.3. The molecule has 0 amide bonds. The Morgan fingerprint density at radius 3 is 2.59 bits per heavy atom. The van der Waals surface area contributed by atoms with E-state index in [2.05, 4.69) is 27.8 Å². The molecule has 1 N–H and O–H groups in total. The molecule has 0 aliphatic carbocycles. The molecule has 0 fully saturated rings. The van der Waals surface area contributed by atoms with Crippen molar-refractivity contribution in [2.45, 2.75) is 19.1 Å². The summed E-state index contributed by atoms with van der Waals surface area (Å²) in [5.74, 6) is 0. The van der Waals surface area contributed by atoms with Crippen LogP contribution in [0.25, 0.3) is 0 Å². The van der Waals surface area contributed by atoms with Crippen molar-refractivity contribution < 1.29 is 13.2 Å². The van der Waals surface area contributed by atoms with Crippen LogP contribution < -0.4 is 5.32 Å². The van der Waals surface area contributed by atoms with Crippen LogP contribution in [0.15, 0.2) is 35.3 Å². The van der Waals surface area contributed by atoms with Crippen LogP contribution >= 0.6 is 15.9 Å². The van der Waals surface area contributed by atoms with Crippen LogP contribution in [-0.4, -0.2) is 6.54 Å². The summed E-state index contributed by atoms with van der Waals surface area (Å²) in [5.41, 5.74) is -0.114. The molecule has 0 aromatic heterocycles. The minimum Gasteiger partial charge on any atom is -0.307 e. The normalized spacial score (nSPS) is 13.5. The molecule has 0 aliphatic heterocycles. The van der Waals surface area contributed by atoms with Gasteiger partial charge >= 0.3 is 6.18 Å². The van der Waals surface area contributed by atoms with Gasteiger partial charge in [0.1, 0.15) is 0 Å². The van der Waals surface area contributed by atoms with Crippen molar-refractivity contribution in [1.29, 1.82) is 0 Å². The summed E-state index contributed by atoms with van der Waals surface area (Å²) in [6.07, 6.45) is -2.74. The summed E-state index contributed by atoms with van der Waals surface area (Å²) in [6, 6.07) is 3.31. The fourth-order valence-electron chi connectivity index (χ4n) is 1.50. The highest BCUT2D eigenvalue weighted by Gasteiger charge is 2.31. The molecule has 0 aliphatic rings. The van der Waals surface area contributed by atoms with E-state index in [1.807, 2.05) is 6.92 Å². The molecule has 0 spiro atoms. The standard InChI is InChI=1S/C12H13BrF3N/c1-3-11(17-4-2)9-7-8(12(14,15)16)5-6-10(9)13/h3,5-7,11,17H,1,4H2,2H3. The SMILES string of the molecule is C=CC(NCC)c1cc(C(F)(F)F)ccc1Br. The van der Waals surface area contributed by atoms with E-state index in [4.69, 9.17) is 0 Å². The van der Waals surface area contributed by atoms with Crippen LogP contribution in [0.3, 0.4) is 0 Å². The predicted octanol–water partition coefficient (Wildman–Crippen LogP) is 4.30. The van der Waals surface area contributed by atoms with E-state index in [-0.39, 0.29) is 6.04 Å². The summed E-state index contributed by atoms with van der Waals surface area (Å²) in [7, 11) is 0. The second-order valence-corrected chi connectivity index (χ2v) is 4.36. The fourth-order valence-corrected chi connectivity index (χ4v) is 1.99. The third-order valence-corrected chi connectivity index (χ3v) is 3.04. The van der Waals surface area contributed by atoms with Gasteiger partial charge in [0.2, 0.25) is 0 Å². The maximum Gasteiger partial charge on any atom is 0.416 e. The third-order valence-electron chi connectivity index (χ3n) is 2.32. The van der Waals surface area contributed by atoms with Gasteiger partial charge in [-0.2, -0.15) is 13.2 Å². The van der Waals surface area contributed by atoms with Crippen LogP contribution in [0.1, 0.15) is 24.1 Å². The molecule has 1 atom stereocenters. The average Bonchev–Trinajstić information content (AvgIpc) is 2.25. The van der Waals surface area contributed by atoms with Crippen molar-refractivity contribution in [3.63, 3.8) is 0 Å².